The third-order valence-corrected chi connectivity index (χ3v) is 6.69. The minimum absolute atomic E-state index is 0.282. The summed E-state index contributed by atoms with van der Waals surface area (Å²) in [6.45, 7) is 2.42. The first-order chi connectivity index (χ1) is 12.3. The zero-order valence-corrected chi connectivity index (χ0v) is 15.7. The molecule has 1 saturated carbocycles. The normalized spacial score (nSPS) is 22.0. The number of nitrogens with zero attached hydrogens (tertiary/aromatic N) is 1. The van der Waals surface area contributed by atoms with Crippen molar-refractivity contribution < 1.29 is 0 Å². The molecule has 2 aliphatic rings. The van der Waals surface area contributed by atoms with E-state index in [2.05, 4.69) is 47.4 Å². The molecule has 0 radical (unpaired) electrons. The van der Waals surface area contributed by atoms with Crippen LogP contribution in [-0.4, -0.2) is 18.0 Å². The van der Waals surface area contributed by atoms with E-state index < -0.39 is 0 Å². The third-order valence-electron chi connectivity index (χ3n) is 6.43. The highest BCUT2D eigenvalue weighted by molar-refractivity contribution is 6.30. The van der Waals surface area contributed by atoms with Gasteiger partial charge in [0.05, 0.1) is 0 Å². The first kappa shape index (κ1) is 17.1. The van der Waals surface area contributed by atoms with Crippen molar-refractivity contribution in [3.05, 3.63) is 70.7 Å². The maximum Gasteiger partial charge on any atom is 0.0460 e. The molecule has 0 N–H and O–H groups in total. The summed E-state index contributed by atoms with van der Waals surface area (Å²) in [4.78, 5) is 2.81. The molecule has 2 fully saturated rings. The van der Waals surface area contributed by atoms with E-state index >= 15 is 0 Å². The van der Waals surface area contributed by atoms with Gasteiger partial charge >= 0.3 is 0 Å². The third kappa shape index (κ3) is 3.50. The standard InChI is InChI=1S/C23H28ClN/c24-22-11-9-19(10-12-22)20-13-17-25(18-14-20)23(15-5-2-6-16-23)21-7-3-1-4-8-21/h1,3-4,7-12,20H,2,5-6,13-18H2. The lowest BCUT2D eigenvalue weighted by Gasteiger charge is -2.50. The van der Waals surface area contributed by atoms with Gasteiger partial charge in [0.25, 0.3) is 0 Å². The zero-order valence-electron chi connectivity index (χ0n) is 15.0. The van der Waals surface area contributed by atoms with Crippen molar-refractivity contribution in [3.8, 4) is 0 Å². The first-order valence-corrected chi connectivity index (χ1v) is 10.2. The van der Waals surface area contributed by atoms with Crippen LogP contribution >= 0.6 is 11.6 Å². The highest BCUT2D eigenvalue weighted by atomic mass is 35.5. The second-order valence-electron chi connectivity index (χ2n) is 7.77. The molecule has 2 aromatic carbocycles. The average Bonchev–Trinajstić information content (AvgIpc) is 2.70. The molecule has 2 aromatic rings. The summed E-state index contributed by atoms with van der Waals surface area (Å²) in [6, 6.07) is 19.8. The SMILES string of the molecule is Clc1ccc(C2CCN(C3(c4ccccc4)CCCCC3)CC2)cc1. The van der Waals surface area contributed by atoms with E-state index in [-0.39, 0.29) is 5.54 Å². The molecule has 1 aliphatic heterocycles. The summed E-state index contributed by atoms with van der Waals surface area (Å²) >= 11 is 6.05. The molecule has 4 rings (SSSR count). The maximum absolute atomic E-state index is 6.05. The summed E-state index contributed by atoms with van der Waals surface area (Å²) < 4.78 is 0. The van der Waals surface area contributed by atoms with Gasteiger partial charge in [0.1, 0.15) is 0 Å². The van der Waals surface area contributed by atoms with Gasteiger partial charge in [0.2, 0.25) is 0 Å². The van der Waals surface area contributed by atoms with E-state index in [1.165, 1.54) is 63.6 Å². The van der Waals surface area contributed by atoms with E-state index in [4.69, 9.17) is 11.6 Å². The van der Waals surface area contributed by atoms with Crippen molar-refractivity contribution in [2.75, 3.05) is 13.1 Å². The molecule has 132 valence electrons. The molecule has 2 heteroatoms. The summed E-state index contributed by atoms with van der Waals surface area (Å²) in [5, 5.41) is 0.839. The van der Waals surface area contributed by atoms with Crippen LogP contribution in [0.1, 0.15) is 62.0 Å². The number of hydrogen-bond donors (Lipinski definition) is 0. The van der Waals surface area contributed by atoms with Gasteiger partial charge in [-0.2, -0.15) is 0 Å². The van der Waals surface area contributed by atoms with Gasteiger partial charge < -0.3 is 0 Å². The number of halogens is 1. The van der Waals surface area contributed by atoms with Gasteiger partial charge in [-0.25, -0.2) is 0 Å². The fraction of sp³-hybridized carbons (Fsp3) is 0.478. The van der Waals surface area contributed by atoms with E-state index in [1.54, 1.807) is 5.56 Å². The van der Waals surface area contributed by atoms with Crippen molar-refractivity contribution in [2.24, 2.45) is 0 Å². The lowest BCUT2D eigenvalue weighted by Crippen LogP contribution is -2.50. The van der Waals surface area contributed by atoms with E-state index in [0.29, 0.717) is 5.92 Å². The van der Waals surface area contributed by atoms with Crippen LogP contribution in [0.2, 0.25) is 5.02 Å². The molecule has 0 amide bonds. The zero-order chi connectivity index (χ0) is 17.1. The Bertz CT molecular complexity index is 665. The second-order valence-corrected chi connectivity index (χ2v) is 8.21. The molecule has 0 spiro atoms. The van der Waals surface area contributed by atoms with E-state index in [0.717, 1.165) is 5.02 Å². The van der Waals surface area contributed by atoms with E-state index in [9.17, 15) is 0 Å². The molecule has 25 heavy (non-hydrogen) atoms. The molecular weight excluding hydrogens is 326 g/mol. The molecular formula is C23H28ClN. The number of hydrogen-bond acceptors (Lipinski definition) is 1. The lowest BCUT2D eigenvalue weighted by atomic mass is 9.73. The summed E-state index contributed by atoms with van der Waals surface area (Å²) in [5.41, 5.74) is 3.28. The van der Waals surface area contributed by atoms with Gasteiger partial charge in [0.15, 0.2) is 0 Å². The topological polar surface area (TPSA) is 3.24 Å². The first-order valence-electron chi connectivity index (χ1n) is 9.84. The van der Waals surface area contributed by atoms with Crippen molar-refractivity contribution in [1.82, 2.24) is 4.90 Å². The summed E-state index contributed by atoms with van der Waals surface area (Å²) in [5.74, 6) is 0.685. The Morgan fingerprint density at radius 2 is 1.44 bits per heavy atom. The van der Waals surface area contributed by atoms with Crippen LogP contribution in [0.4, 0.5) is 0 Å². The monoisotopic (exact) mass is 353 g/mol. The summed E-state index contributed by atoms with van der Waals surface area (Å²) in [7, 11) is 0. The number of likely N-dealkylation sites (tertiary alicyclic amines) is 1. The molecule has 0 aromatic heterocycles. The Balaban J connectivity index is 1.52. The van der Waals surface area contributed by atoms with Crippen LogP contribution in [0, 0.1) is 0 Å². The average molecular weight is 354 g/mol. The van der Waals surface area contributed by atoms with Crippen molar-refractivity contribution >= 4 is 11.6 Å². The van der Waals surface area contributed by atoms with Gasteiger partial charge in [-0.15, -0.1) is 0 Å². The van der Waals surface area contributed by atoms with Crippen molar-refractivity contribution in [3.63, 3.8) is 0 Å². The molecule has 0 atom stereocenters. The minimum Gasteiger partial charge on any atom is -0.294 e. The Morgan fingerprint density at radius 1 is 0.800 bits per heavy atom. The van der Waals surface area contributed by atoms with Gasteiger partial charge in [0, 0.05) is 10.6 Å². The quantitative estimate of drug-likeness (QED) is 0.618. The van der Waals surface area contributed by atoms with Gasteiger partial charge in [-0.05, 0) is 68.0 Å². The van der Waals surface area contributed by atoms with Crippen molar-refractivity contribution in [2.45, 2.75) is 56.4 Å². The largest absolute Gasteiger partial charge is 0.294 e. The minimum atomic E-state index is 0.282. The van der Waals surface area contributed by atoms with Crippen LogP contribution in [0.3, 0.4) is 0 Å². The number of benzene rings is 2. The smallest absolute Gasteiger partial charge is 0.0460 e. The van der Waals surface area contributed by atoms with Crippen LogP contribution in [0.5, 0.6) is 0 Å². The Labute approximate surface area is 157 Å². The van der Waals surface area contributed by atoms with Crippen LogP contribution in [0.15, 0.2) is 54.6 Å². The lowest BCUT2D eigenvalue weighted by molar-refractivity contribution is 0.0255. The molecule has 0 bridgehead atoms. The second kappa shape index (κ2) is 7.51. The van der Waals surface area contributed by atoms with Gasteiger partial charge in [-0.1, -0.05) is 73.3 Å². The fourth-order valence-electron chi connectivity index (χ4n) is 5.05. The van der Waals surface area contributed by atoms with E-state index in [1.807, 2.05) is 12.1 Å². The Morgan fingerprint density at radius 3 is 2.08 bits per heavy atom. The Hall–Kier alpha value is -1.31. The highest BCUT2D eigenvalue weighted by Gasteiger charge is 2.40. The van der Waals surface area contributed by atoms with Crippen LogP contribution in [-0.2, 0) is 5.54 Å². The van der Waals surface area contributed by atoms with Crippen LogP contribution in [0.25, 0.3) is 0 Å². The number of rotatable bonds is 3. The predicted octanol–water partition coefficient (Wildman–Crippen LogP) is 6.38. The number of piperidine rings is 1. The van der Waals surface area contributed by atoms with Crippen molar-refractivity contribution in [1.29, 1.82) is 0 Å². The molecule has 1 saturated heterocycles. The predicted molar refractivity (Wildman–Crippen MR) is 106 cm³/mol. The fourth-order valence-corrected chi connectivity index (χ4v) is 5.17. The molecule has 1 aliphatic carbocycles. The van der Waals surface area contributed by atoms with Crippen LogP contribution < -0.4 is 0 Å². The van der Waals surface area contributed by atoms with Gasteiger partial charge in [-0.3, -0.25) is 4.90 Å². The highest BCUT2D eigenvalue weighted by Crippen LogP contribution is 2.44. The Kier molecular flexibility index (Phi) is 5.15. The summed E-state index contributed by atoms with van der Waals surface area (Å²) in [6.07, 6.45) is 9.30. The maximum atomic E-state index is 6.05. The molecule has 1 heterocycles. The molecule has 1 nitrogen and oxygen atoms in total. The molecule has 0 unspecified atom stereocenters.